The molecule has 0 saturated carbocycles. The van der Waals surface area contributed by atoms with Gasteiger partial charge < -0.3 is 15.2 Å². The summed E-state index contributed by atoms with van der Waals surface area (Å²) in [6.45, 7) is 0.681. The van der Waals surface area contributed by atoms with Crippen LogP contribution in [0.15, 0.2) is 18.2 Å². The Labute approximate surface area is 116 Å². The summed E-state index contributed by atoms with van der Waals surface area (Å²) in [5.74, 6) is -0.138. The van der Waals surface area contributed by atoms with E-state index in [9.17, 15) is 13.2 Å². The average molecular weight is 291 g/mol. The van der Waals surface area contributed by atoms with E-state index in [1.165, 1.54) is 6.07 Å². The van der Waals surface area contributed by atoms with Gasteiger partial charge in [0.25, 0.3) is 0 Å². The highest BCUT2D eigenvalue weighted by molar-refractivity contribution is 5.39. The zero-order valence-corrected chi connectivity index (χ0v) is 11.5. The van der Waals surface area contributed by atoms with Crippen molar-refractivity contribution >= 4 is 0 Å². The predicted molar refractivity (Wildman–Crippen MR) is 70.6 cm³/mol. The van der Waals surface area contributed by atoms with Crippen molar-refractivity contribution in [3.63, 3.8) is 0 Å². The molecule has 0 aromatic heterocycles. The topological polar surface area (TPSA) is 41.5 Å². The maximum Gasteiger partial charge on any atom is 0.419 e. The van der Waals surface area contributed by atoms with Crippen molar-refractivity contribution in [2.75, 3.05) is 20.3 Å². The fourth-order valence-corrected chi connectivity index (χ4v) is 1.81. The first-order valence-corrected chi connectivity index (χ1v) is 6.57. The molecule has 20 heavy (non-hydrogen) atoms. The molecule has 0 amide bonds. The highest BCUT2D eigenvalue weighted by atomic mass is 19.4. The molecule has 3 nitrogen and oxygen atoms in total. The summed E-state index contributed by atoms with van der Waals surface area (Å²) in [5.41, 5.74) is -0.181. The summed E-state index contributed by atoms with van der Waals surface area (Å²) in [6, 6.07) is 4.09. The highest BCUT2D eigenvalue weighted by Gasteiger charge is 2.34. The van der Waals surface area contributed by atoms with E-state index in [4.69, 9.17) is 9.84 Å². The predicted octanol–water partition coefficient (Wildman–Crippen LogP) is 2.97. The van der Waals surface area contributed by atoms with Gasteiger partial charge in [-0.3, -0.25) is 0 Å². The van der Waals surface area contributed by atoms with Gasteiger partial charge in [0.15, 0.2) is 0 Å². The summed E-state index contributed by atoms with van der Waals surface area (Å²) in [4.78, 5) is 0. The fourth-order valence-electron chi connectivity index (χ4n) is 1.81. The lowest BCUT2D eigenvalue weighted by atomic mass is 10.1. The molecular formula is C14H20F3NO2. The van der Waals surface area contributed by atoms with Crippen LogP contribution < -0.4 is 10.1 Å². The quantitative estimate of drug-likeness (QED) is 0.724. The Bertz CT molecular complexity index is 408. The van der Waals surface area contributed by atoms with Crippen LogP contribution >= 0.6 is 0 Å². The Morgan fingerprint density at radius 1 is 1.20 bits per heavy atom. The molecule has 0 unspecified atom stereocenters. The van der Waals surface area contributed by atoms with Crippen LogP contribution in [0.3, 0.4) is 0 Å². The third-order valence-electron chi connectivity index (χ3n) is 2.79. The second-order valence-corrected chi connectivity index (χ2v) is 4.49. The van der Waals surface area contributed by atoms with Crippen molar-refractivity contribution in [1.82, 2.24) is 5.32 Å². The van der Waals surface area contributed by atoms with Crippen LogP contribution in [0.1, 0.15) is 30.4 Å². The smallest absolute Gasteiger partial charge is 0.419 e. The molecule has 0 saturated heterocycles. The van der Waals surface area contributed by atoms with E-state index in [0.29, 0.717) is 24.9 Å². The minimum Gasteiger partial charge on any atom is -0.493 e. The van der Waals surface area contributed by atoms with E-state index in [0.717, 1.165) is 12.5 Å². The van der Waals surface area contributed by atoms with E-state index < -0.39 is 11.7 Å². The monoisotopic (exact) mass is 291 g/mol. The summed E-state index contributed by atoms with van der Waals surface area (Å²) in [7, 11) is 1.68. The molecular weight excluding hydrogens is 271 g/mol. The number of nitrogens with one attached hydrogen (secondary N) is 1. The molecule has 0 heterocycles. The zero-order valence-electron chi connectivity index (χ0n) is 11.5. The van der Waals surface area contributed by atoms with Crippen molar-refractivity contribution < 1.29 is 23.0 Å². The molecule has 1 rings (SSSR count). The summed E-state index contributed by atoms with van der Waals surface area (Å²) in [6.07, 6.45) is -2.44. The Hall–Kier alpha value is -1.27. The molecule has 1 aromatic carbocycles. The lowest BCUT2D eigenvalue weighted by molar-refractivity contribution is -0.139. The Morgan fingerprint density at radius 2 is 1.95 bits per heavy atom. The lowest BCUT2D eigenvalue weighted by Gasteiger charge is -2.15. The number of halogens is 3. The van der Waals surface area contributed by atoms with Gasteiger partial charge in [-0.1, -0.05) is 6.07 Å². The van der Waals surface area contributed by atoms with Gasteiger partial charge in [-0.15, -0.1) is 0 Å². The molecule has 0 atom stereocenters. The average Bonchev–Trinajstić information content (AvgIpc) is 2.39. The molecule has 0 aliphatic rings. The first kappa shape index (κ1) is 16.8. The van der Waals surface area contributed by atoms with Gasteiger partial charge in [0.2, 0.25) is 0 Å². The number of alkyl halides is 3. The molecule has 1 aromatic rings. The number of unbranched alkanes of at least 4 members (excludes halogenated alkanes) is 2. The van der Waals surface area contributed by atoms with E-state index in [2.05, 4.69) is 5.32 Å². The van der Waals surface area contributed by atoms with Gasteiger partial charge in [-0.25, -0.2) is 0 Å². The maximum atomic E-state index is 13.0. The molecule has 0 fully saturated rings. The second kappa shape index (κ2) is 8.11. The molecule has 6 heteroatoms. The van der Waals surface area contributed by atoms with Gasteiger partial charge in [0.05, 0.1) is 12.2 Å². The van der Waals surface area contributed by atoms with Crippen LogP contribution in [0.4, 0.5) is 13.2 Å². The van der Waals surface area contributed by atoms with Gasteiger partial charge >= 0.3 is 6.18 Å². The fraction of sp³-hybridized carbons (Fsp3) is 0.571. The molecule has 0 aliphatic heterocycles. The van der Waals surface area contributed by atoms with Gasteiger partial charge in [0, 0.05) is 13.2 Å². The number of hydrogen-bond acceptors (Lipinski definition) is 3. The van der Waals surface area contributed by atoms with Crippen LogP contribution in [-0.4, -0.2) is 25.4 Å². The van der Waals surface area contributed by atoms with E-state index in [1.807, 2.05) is 0 Å². The Morgan fingerprint density at radius 3 is 2.55 bits per heavy atom. The van der Waals surface area contributed by atoms with Crippen LogP contribution in [0.25, 0.3) is 0 Å². The number of benzene rings is 1. The molecule has 0 aliphatic carbocycles. The van der Waals surface area contributed by atoms with Crippen LogP contribution in [0, 0.1) is 0 Å². The number of aliphatic hydroxyl groups is 1. The summed E-state index contributed by atoms with van der Waals surface area (Å²) >= 11 is 0. The van der Waals surface area contributed by atoms with Gasteiger partial charge in [-0.05, 0) is 44.0 Å². The number of ether oxygens (including phenoxy) is 1. The van der Waals surface area contributed by atoms with Crippen molar-refractivity contribution in [3.05, 3.63) is 29.3 Å². The van der Waals surface area contributed by atoms with Crippen LogP contribution in [0.5, 0.6) is 5.75 Å². The summed E-state index contributed by atoms with van der Waals surface area (Å²) in [5, 5.41) is 11.4. The van der Waals surface area contributed by atoms with E-state index >= 15 is 0 Å². The Kier molecular flexibility index (Phi) is 6.81. The second-order valence-electron chi connectivity index (χ2n) is 4.49. The third-order valence-corrected chi connectivity index (χ3v) is 2.79. The molecule has 114 valence electrons. The zero-order chi connectivity index (χ0) is 15.0. The maximum absolute atomic E-state index is 13.0. The van der Waals surface area contributed by atoms with Crippen molar-refractivity contribution in [3.8, 4) is 5.75 Å². The molecule has 0 radical (unpaired) electrons. The van der Waals surface area contributed by atoms with Gasteiger partial charge in [0.1, 0.15) is 5.75 Å². The lowest BCUT2D eigenvalue weighted by Crippen LogP contribution is -2.12. The Balaban J connectivity index is 2.73. The number of rotatable bonds is 8. The minimum atomic E-state index is -4.43. The first-order chi connectivity index (χ1) is 9.49. The third kappa shape index (κ3) is 5.38. The van der Waals surface area contributed by atoms with Gasteiger partial charge in [-0.2, -0.15) is 13.2 Å². The normalized spacial score (nSPS) is 11.7. The highest BCUT2D eigenvalue weighted by Crippen LogP contribution is 2.36. The SMILES string of the molecule is CNCc1ccc(OCCCCCO)c(C(F)(F)F)c1. The summed E-state index contributed by atoms with van der Waals surface area (Å²) < 4.78 is 44.1. The number of hydrogen-bond donors (Lipinski definition) is 2. The number of aliphatic hydroxyl groups excluding tert-OH is 1. The molecule has 0 bridgehead atoms. The van der Waals surface area contributed by atoms with Crippen LogP contribution in [0.2, 0.25) is 0 Å². The van der Waals surface area contributed by atoms with Crippen molar-refractivity contribution in [1.29, 1.82) is 0 Å². The largest absolute Gasteiger partial charge is 0.493 e. The molecule has 2 N–H and O–H groups in total. The van der Waals surface area contributed by atoms with E-state index in [1.54, 1.807) is 13.1 Å². The van der Waals surface area contributed by atoms with E-state index in [-0.39, 0.29) is 19.0 Å². The standard InChI is InChI=1S/C14H20F3NO2/c1-18-10-11-5-6-13(12(9-11)14(15,16)17)20-8-4-2-3-7-19/h5-6,9,18-19H,2-4,7-8,10H2,1H3. The minimum absolute atomic E-state index is 0.0898. The van der Waals surface area contributed by atoms with Crippen molar-refractivity contribution in [2.45, 2.75) is 32.0 Å². The molecule has 0 spiro atoms. The van der Waals surface area contributed by atoms with Crippen molar-refractivity contribution in [2.24, 2.45) is 0 Å². The first-order valence-electron chi connectivity index (χ1n) is 6.57. The van der Waals surface area contributed by atoms with Crippen LogP contribution in [-0.2, 0) is 12.7 Å².